The van der Waals surface area contributed by atoms with E-state index in [1.807, 2.05) is 36.4 Å². The largest absolute Gasteiger partial charge is 0.419 e. The van der Waals surface area contributed by atoms with Crippen LogP contribution in [0.1, 0.15) is 10.8 Å². The number of benzene rings is 1. The lowest BCUT2D eigenvalue weighted by Gasteiger charge is -1.99. The van der Waals surface area contributed by atoms with Crippen LogP contribution in [0, 0.1) is 0 Å². The van der Waals surface area contributed by atoms with E-state index < -0.39 is 0 Å². The van der Waals surface area contributed by atoms with Crippen LogP contribution in [0.3, 0.4) is 0 Å². The topological polar surface area (TPSA) is 51.0 Å². The predicted octanol–water partition coefficient (Wildman–Crippen LogP) is 3.85. The molecule has 2 aromatic heterocycles. The Kier molecular flexibility index (Phi) is 4.25. The fraction of sp³-hybridized carbons (Fsp3) is 0.143. The molecular formula is C14H12BrN3OS. The fourth-order valence-corrected chi connectivity index (χ4v) is 3.22. The number of rotatable bonds is 5. The van der Waals surface area contributed by atoms with Crippen LogP contribution in [-0.4, -0.2) is 10.2 Å². The quantitative estimate of drug-likeness (QED) is 0.759. The SMILES string of the molecule is Brc1ccsc1CNCc1nnc(-c2ccccc2)o1. The predicted molar refractivity (Wildman–Crippen MR) is 82.3 cm³/mol. The molecule has 0 spiro atoms. The zero-order valence-corrected chi connectivity index (χ0v) is 12.9. The second-order valence-corrected chi connectivity index (χ2v) is 6.02. The minimum Gasteiger partial charge on any atom is -0.419 e. The van der Waals surface area contributed by atoms with E-state index in [0.717, 1.165) is 16.6 Å². The molecule has 2 heterocycles. The number of halogens is 1. The smallest absolute Gasteiger partial charge is 0.247 e. The number of nitrogens with one attached hydrogen (secondary N) is 1. The molecule has 0 bridgehead atoms. The third-order valence-corrected chi connectivity index (χ3v) is 4.67. The molecule has 6 heteroatoms. The van der Waals surface area contributed by atoms with Crippen molar-refractivity contribution in [1.29, 1.82) is 0 Å². The third kappa shape index (κ3) is 3.15. The first-order chi connectivity index (χ1) is 9.83. The summed E-state index contributed by atoms with van der Waals surface area (Å²) in [6, 6.07) is 11.8. The van der Waals surface area contributed by atoms with Gasteiger partial charge in [0.25, 0.3) is 0 Å². The molecule has 0 fully saturated rings. The maximum atomic E-state index is 5.63. The number of thiophene rings is 1. The summed E-state index contributed by atoms with van der Waals surface area (Å²) < 4.78 is 6.76. The van der Waals surface area contributed by atoms with Gasteiger partial charge in [0.1, 0.15) is 0 Å². The zero-order valence-electron chi connectivity index (χ0n) is 10.5. The number of nitrogens with zero attached hydrogens (tertiary/aromatic N) is 2. The average molecular weight is 350 g/mol. The van der Waals surface area contributed by atoms with Gasteiger partial charge in [0.15, 0.2) is 0 Å². The molecule has 20 heavy (non-hydrogen) atoms. The van der Waals surface area contributed by atoms with Gasteiger partial charge in [-0.3, -0.25) is 0 Å². The molecule has 0 unspecified atom stereocenters. The van der Waals surface area contributed by atoms with Gasteiger partial charge < -0.3 is 9.73 Å². The van der Waals surface area contributed by atoms with Gasteiger partial charge in [-0.05, 0) is 39.5 Å². The Labute approximate surface area is 129 Å². The lowest BCUT2D eigenvalue weighted by Crippen LogP contribution is -2.12. The minimum atomic E-state index is 0.555. The summed E-state index contributed by atoms with van der Waals surface area (Å²) in [6.07, 6.45) is 0. The molecule has 1 N–H and O–H groups in total. The van der Waals surface area contributed by atoms with Gasteiger partial charge in [-0.15, -0.1) is 21.5 Å². The molecule has 3 aromatic rings. The van der Waals surface area contributed by atoms with Crippen LogP contribution in [0.4, 0.5) is 0 Å². The Morgan fingerprint density at radius 2 is 1.95 bits per heavy atom. The van der Waals surface area contributed by atoms with Crippen molar-refractivity contribution in [1.82, 2.24) is 15.5 Å². The molecule has 0 aliphatic rings. The van der Waals surface area contributed by atoms with Gasteiger partial charge in [0.05, 0.1) is 6.54 Å². The summed E-state index contributed by atoms with van der Waals surface area (Å²) in [6.45, 7) is 1.34. The lowest BCUT2D eigenvalue weighted by molar-refractivity contribution is 0.478. The molecule has 0 aliphatic heterocycles. The second-order valence-electron chi connectivity index (χ2n) is 4.16. The summed E-state index contributed by atoms with van der Waals surface area (Å²) in [5.74, 6) is 1.15. The van der Waals surface area contributed by atoms with Gasteiger partial charge >= 0.3 is 0 Å². The van der Waals surface area contributed by atoms with E-state index >= 15 is 0 Å². The molecule has 0 saturated carbocycles. The monoisotopic (exact) mass is 349 g/mol. The van der Waals surface area contributed by atoms with Crippen LogP contribution in [-0.2, 0) is 13.1 Å². The lowest BCUT2D eigenvalue weighted by atomic mass is 10.2. The standard InChI is InChI=1S/C14H12BrN3OS/c15-11-6-7-20-12(11)8-16-9-13-17-18-14(19-13)10-4-2-1-3-5-10/h1-7,16H,8-9H2. The molecule has 4 nitrogen and oxygen atoms in total. The number of aromatic nitrogens is 2. The van der Waals surface area contributed by atoms with Crippen molar-refractivity contribution in [2.75, 3.05) is 0 Å². The van der Waals surface area contributed by atoms with Gasteiger partial charge in [0.2, 0.25) is 11.8 Å². The molecule has 102 valence electrons. The first-order valence-electron chi connectivity index (χ1n) is 6.13. The van der Waals surface area contributed by atoms with Crippen molar-refractivity contribution in [3.63, 3.8) is 0 Å². The van der Waals surface area contributed by atoms with E-state index in [-0.39, 0.29) is 0 Å². The fourth-order valence-electron chi connectivity index (χ4n) is 1.76. The first kappa shape index (κ1) is 13.5. The Balaban J connectivity index is 1.59. The Morgan fingerprint density at radius 3 is 2.70 bits per heavy atom. The van der Waals surface area contributed by atoms with Crippen LogP contribution in [0.25, 0.3) is 11.5 Å². The molecular weight excluding hydrogens is 338 g/mol. The Morgan fingerprint density at radius 1 is 1.10 bits per heavy atom. The molecule has 1 aromatic carbocycles. The van der Waals surface area contributed by atoms with Gasteiger partial charge in [-0.1, -0.05) is 18.2 Å². The van der Waals surface area contributed by atoms with Crippen molar-refractivity contribution >= 4 is 27.3 Å². The van der Waals surface area contributed by atoms with Gasteiger partial charge in [-0.25, -0.2) is 0 Å². The van der Waals surface area contributed by atoms with Crippen LogP contribution in [0.2, 0.25) is 0 Å². The number of hydrogen-bond donors (Lipinski definition) is 1. The third-order valence-electron chi connectivity index (χ3n) is 2.74. The highest BCUT2D eigenvalue weighted by atomic mass is 79.9. The van der Waals surface area contributed by atoms with Crippen LogP contribution in [0.5, 0.6) is 0 Å². The van der Waals surface area contributed by atoms with E-state index in [1.54, 1.807) is 11.3 Å². The van der Waals surface area contributed by atoms with Crippen molar-refractivity contribution in [3.8, 4) is 11.5 Å². The Bertz CT molecular complexity index is 681. The highest BCUT2D eigenvalue weighted by Crippen LogP contribution is 2.22. The maximum Gasteiger partial charge on any atom is 0.247 e. The highest BCUT2D eigenvalue weighted by Gasteiger charge is 2.08. The summed E-state index contributed by atoms with van der Waals surface area (Å²) in [4.78, 5) is 1.26. The van der Waals surface area contributed by atoms with E-state index in [2.05, 4.69) is 36.8 Å². The first-order valence-corrected chi connectivity index (χ1v) is 7.80. The summed E-state index contributed by atoms with van der Waals surface area (Å²) in [5, 5.41) is 13.5. The summed E-state index contributed by atoms with van der Waals surface area (Å²) in [7, 11) is 0. The zero-order chi connectivity index (χ0) is 13.8. The molecule has 0 amide bonds. The molecule has 0 atom stereocenters. The molecule has 0 saturated heterocycles. The van der Waals surface area contributed by atoms with Crippen LogP contribution in [0.15, 0.2) is 50.7 Å². The van der Waals surface area contributed by atoms with Crippen molar-refractivity contribution < 1.29 is 4.42 Å². The van der Waals surface area contributed by atoms with E-state index in [0.29, 0.717) is 18.3 Å². The van der Waals surface area contributed by atoms with Crippen LogP contribution >= 0.6 is 27.3 Å². The van der Waals surface area contributed by atoms with Crippen LogP contribution < -0.4 is 5.32 Å². The maximum absolute atomic E-state index is 5.63. The van der Waals surface area contributed by atoms with Crippen molar-refractivity contribution in [2.24, 2.45) is 0 Å². The van der Waals surface area contributed by atoms with Gasteiger partial charge in [0, 0.05) is 21.5 Å². The highest BCUT2D eigenvalue weighted by molar-refractivity contribution is 9.10. The molecule has 0 radical (unpaired) electrons. The van der Waals surface area contributed by atoms with Gasteiger partial charge in [-0.2, -0.15) is 0 Å². The van der Waals surface area contributed by atoms with E-state index in [9.17, 15) is 0 Å². The molecule has 0 aliphatic carbocycles. The average Bonchev–Trinajstić information content (AvgIpc) is 3.10. The normalized spacial score (nSPS) is 10.8. The summed E-state index contributed by atoms with van der Waals surface area (Å²) >= 11 is 5.22. The van der Waals surface area contributed by atoms with E-state index in [1.165, 1.54) is 4.88 Å². The number of hydrogen-bond acceptors (Lipinski definition) is 5. The van der Waals surface area contributed by atoms with E-state index in [4.69, 9.17) is 4.42 Å². The molecule has 3 rings (SSSR count). The Hall–Kier alpha value is -1.50. The minimum absolute atomic E-state index is 0.555. The van der Waals surface area contributed by atoms with Crippen molar-refractivity contribution in [3.05, 3.63) is 57.0 Å². The van der Waals surface area contributed by atoms with Crippen molar-refractivity contribution in [2.45, 2.75) is 13.1 Å². The summed E-state index contributed by atoms with van der Waals surface area (Å²) in [5.41, 5.74) is 0.937. The second kappa shape index (κ2) is 6.30.